The van der Waals surface area contributed by atoms with Crippen molar-refractivity contribution in [3.63, 3.8) is 0 Å². The Hall–Kier alpha value is -1.10. The quantitative estimate of drug-likeness (QED) is 0.778. The Morgan fingerprint density at radius 1 is 1.12 bits per heavy atom. The molecule has 136 valence electrons. The lowest BCUT2D eigenvalue weighted by molar-refractivity contribution is 0.00121. The number of phenols is 1. The Bertz CT molecular complexity index is 547. The molecule has 4 heteroatoms. The molecule has 1 saturated heterocycles. The van der Waals surface area contributed by atoms with E-state index in [9.17, 15) is 10.2 Å². The summed E-state index contributed by atoms with van der Waals surface area (Å²) < 4.78 is 0. The van der Waals surface area contributed by atoms with Gasteiger partial charge in [-0.3, -0.25) is 4.84 Å². The van der Waals surface area contributed by atoms with Crippen molar-refractivity contribution in [2.75, 3.05) is 0 Å². The summed E-state index contributed by atoms with van der Waals surface area (Å²) in [6.07, 6.45) is 1.09. The number of hydroxylamine groups is 1. The minimum Gasteiger partial charge on any atom is -0.507 e. The summed E-state index contributed by atoms with van der Waals surface area (Å²) in [6.45, 7) is 14.5. The van der Waals surface area contributed by atoms with E-state index in [4.69, 9.17) is 4.84 Å². The van der Waals surface area contributed by atoms with Crippen LogP contribution in [0.3, 0.4) is 0 Å². The highest BCUT2D eigenvalue weighted by molar-refractivity contribution is 5.50. The lowest BCUT2D eigenvalue weighted by atomic mass is 9.77. The first-order valence-corrected chi connectivity index (χ1v) is 8.86. The fourth-order valence-electron chi connectivity index (χ4n) is 3.27. The van der Waals surface area contributed by atoms with Gasteiger partial charge in [-0.05, 0) is 53.0 Å². The van der Waals surface area contributed by atoms with Gasteiger partial charge in [0.2, 0.25) is 0 Å². The van der Waals surface area contributed by atoms with E-state index in [2.05, 4.69) is 59.2 Å². The van der Waals surface area contributed by atoms with Gasteiger partial charge in [0.05, 0.1) is 18.2 Å². The van der Waals surface area contributed by atoms with Crippen LogP contribution in [0, 0.1) is 0 Å². The van der Waals surface area contributed by atoms with Crippen molar-refractivity contribution in [2.24, 2.45) is 0 Å². The molecule has 1 aromatic rings. The van der Waals surface area contributed by atoms with E-state index in [1.54, 1.807) is 6.92 Å². The molecule has 2 rings (SSSR count). The maximum Gasteiger partial charge on any atom is 0.123 e. The minimum atomic E-state index is -0.370. The van der Waals surface area contributed by atoms with Crippen molar-refractivity contribution in [1.29, 1.82) is 0 Å². The monoisotopic (exact) mass is 335 g/mol. The molecule has 24 heavy (non-hydrogen) atoms. The Labute approximate surface area is 146 Å². The van der Waals surface area contributed by atoms with Crippen molar-refractivity contribution < 1.29 is 15.1 Å². The smallest absolute Gasteiger partial charge is 0.123 e. The molecule has 1 heterocycles. The topological polar surface area (TPSA) is 61.7 Å². The Morgan fingerprint density at radius 3 is 2.04 bits per heavy atom. The molecular formula is C20H33NO3. The van der Waals surface area contributed by atoms with Crippen LogP contribution in [-0.2, 0) is 15.7 Å². The SMILES string of the molecule is CC(O)CC1CC(c2cc(C(C)(C)C)c(O)c(C(C)(C)C)c2)NO1. The van der Waals surface area contributed by atoms with E-state index in [-0.39, 0.29) is 29.1 Å². The fraction of sp³-hybridized carbons (Fsp3) is 0.700. The summed E-state index contributed by atoms with van der Waals surface area (Å²) in [4.78, 5) is 5.64. The molecule has 3 unspecified atom stereocenters. The summed E-state index contributed by atoms with van der Waals surface area (Å²) in [6, 6.07) is 4.27. The molecule has 1 aromatic carbocycles. The summed E-state index contributed by atoms with van der Waals surface area (Å²) in [5.41, 5.74) is 5.89. The van der Waals surface area contributed by atoms with Crippen molar-refractivity contribution in [2.45, 2.75) is 90.4 Å². The normalized spacial score (nSPS) is 23.5. The summed E-state index contributed by atoms with van der Waals surface area (Å²) in [5, 5.41) is 20.4. The zero-order valence-electron chi connectivity index (χ0n) is 16.1. The van der Waals surface area contributed by atoms with E-state index in [1.807, 2.05) is 0 Å². The highest BCUT2D eigenvalue weighted by atomic mass is 16.7. The van der Waals surface area contributed by atoms with Crippen LogP contribution >= 0.6 is 0 Å². The highest BCUT2D eigenvalue weighted by Crippen LogP contribution is 2.42. The maximum absolute atomic E-state index is 10.8. The molecule has 1 aliphatic rings. The lowest BCUT2D eigenvalue weighted by Gasteiger charge is -2.29. The molecular weight excluding hydrogens is 302 g/mol. The van der Waals surface area contributed by atoms with Crippen LogP contribution in [0.15, 0.2) is 12.1 Å². The van der Waals surface area contributed by atoms with Crippen LogP contribution in [-0.4, -0.2) is 22.4 Å². The second-order valence-corrected chi connectivity index (χ2v) is 9.20. The number of nitrogens with one attached hydrogen (secondary N) is 1. The number of aromatic hydroxyl groups is 1. The summed E-state index contributed by atoms with van der Waals surface area (Å²) >= 11 is 0. The highest BCUT2D eigenvalue weighted by Gasteiger charge is 2.32. The van der Waals surface area contributed by atoms with E-state index in [1.165, 1.54) is 0 Å². The number of hydrogen-bond acceptors (Lipinski definition) is 4. The number of aliphatic hydroxyl groups excluding tert-OH is 1. The molecule has 0 bridgehead atoms. The zero-order chi connectivity index (χ0) is 18.3. The van der Waals surface area contributed by atoms with Crippen molar-refractivity contribution in [1.82, 2.24) is 5.48 Å². The van der Waals surface area contributed by atoms with E-state index < -0.39 is 0 Å². The Kier molecular flexibility index (Phi) is 5.34. The van der Waals surface area contributed by atoms with Crippen molar-refractivity contribution >= 4 is 0 Å². The number of hydrogen-bond donors (Lipinski definition) is 3. The molecule has 3 N–H and O–H groups in total. The number of aliphatic hydroxyl groups is 1. The Morgan fingerprint density at radius 2 is 1.62 bits per heavy atom. The predicted octanol–water partition coefficient (Wildman–Crippen LogP) is 4.09. The van der Waals surface area contributed by atoms with Gasteiger partial charge in [0, 0.05) is 6.42 Å². The lowest BCUT2D eigenvalue weighted by Crippen LogP contribution is -2.20. The zero-order valence-corrected chi connectivity index (χ0v) is 16.1. The van der Waals surface area contributed by atoms with E-state index in [0.717, 1.165) is 23.1 Å². The molecule has 4 nitrogen and oxygen atoms in total. The first-order valence-electron chi connectivity index (χ1n) is 8.86. The molecule has 0 aromatic heterocycles. The van der Waals surface area contributed by atoms with E-state index >= 15 is 0 Å². The van der Waals surface area contributed by atoms with Crippen LogP contribution in [0.25, 0.3) is 0 Å². The minimum absolute atomic E-state index is 0.0139. The maximum atomic E-state index is 10.8. The molecule has 0 spiro atoms. The van der Waals surface area contributed by atoms with Crippen LogP contribution in [0.1, 0.15) is 84.0 Å². The molecule has 0 amide bonds. The van der Waals surface area contributed by atoms with Gasteiger partial charge in [0.25, 0.3) is 0 Å². The predicted molar refractivity (Wildman–Crippen MR) is 97.2 cm³/mol. The average Bonchev–Trinajstić information content (AvgIpc) is 2.83. The van der Waals surface area contributed by atoms with Gasteiger partial charge >= 0.3 is 0 Å². The van der Waals surface area contributed by atoms with Gasteiger partial charge in [-0.25, -0.2) is 0 Å². The van der Waals surface area contributed by atoms with Crippen molar-refractivity contribution in [3.05, 3.63) is 28.8 Å². The molecule has 0 saturated carbocycles. The van der Waals surface area contributed by atoms with Gasteiger partial charge in [0.15, 0.2) is 0 Å². The molecule has 3 atom stereocenters. The second-order valence-electron chi connectivity index (χ2n) is 9.20. The number of phenolic OH excluding ortho intramolecular Hbond substituents is 1. The summed E-state index contributed by atoms with van der Waals surface area (Å²) in [5.74, 6) is 0.401. The fourth-order valence-corrected chi connectivity index (χ4v) is 3.27. The van der Waals surface area contributed by atoms with Gasteiger partial charge in [0.1, 0.15) is 5.75 Å². The van der Waals surface area contributed by atoms with Gasteiger partial charge < -0.3 is 10.2 Å². The average molecular weight is 335 g/mol. The van der Waals surface area contributed by atoms with Gasteiger partial charge in [-0.2, -0.15) is 5.48 Å². The largest absolute Gasteiger partial charge is 0.507 e. The Balaban J connectivity index is 2.41. The van der Waals surface area contributed by atoms with Crippen LogP contribution in [0.5, 0.6) is 5.75 Å². The second kappa shape index (κ2) is 6.66. The van der Waals surface area contributed by atoms with Crippen LogP contribution in [0.2, 0.25) is 0 Å². The third-order valence-corrected chi connectivity index (χ3v) is 4.63. The molecule has 0 aliphatic carbocycles. The third-order valence-electron chi connectivity index (χ3n) is 4.63. The molecule has 1 fully saturated rings. The van der Waals surface area contributed by atoms with Gasteiger partial charge in [-0.15, -0.1) is 0 Å². The molecule has 1 aliphatic heterocycles. The van der Waals surface area contributed by atoms with E-state index in [0.29, 0.717) is 12.2 Å². The first kappa shape index (κ1) is 19.2. The van der Waals surface area contributed by atoms with Crippen LogP contribution in [0.4, 0.5) is 0 Å². The van der Waals surface area contributed by atoms with Gasteiger partial charge in [-0.1, -0.05) is 41.5 Å². The van der Waals surface area contributed by atoms with Crippen molar-refractivity contribution in [3.8, 4) is 5.75 Å². The third kappa shape index (κ3) is 4.29. The first-order chi connectivity index (χ1) is 10.9. The summed E-state index contributed by atoms with van der Waals surface area (Å²) in [7, 11) is 0. The number of rotatable bonds is 3. The molecule has 0 radical (unpaired) electrons. The standard InChI is InChI=1S/C20H33NO3/c1-12(22)8-14-11-17(21-24-14)13-9-15(19(2,3)4)18(23)16(10-13)20(5,6)7/h9-10,12,14,17,21-23H,8,11H2,1-7H3. The number of benzene rings is 1. The van der Waals surface area contributed by atoms with Crippen LogP contribution < -0.4 is 5.48 Å².